The molecule has 0 amide bonds. The molecule has 0 saturated heterocycles. The van der Waals surface area contributed by atoms with E-state index in [0.717, 1.165) is 11.1 Å². The predicted octanol–water partition coefficient (Wildman–Crippen LogP) is 3.62. The molecule has 0 bridgehead atoms. The van der Waals surface area contributed by atoms with Gasteiger partial charge in [-0.3, -0.25) is 4.72 Å². The molecule has 0 aliphatic heterocycles. The zero-order valence-corrected chi connectivity index (χ0v) is 17.7. The Balaban J connectivity index is 1.76. The van der Waals surface area contributed by atoms with Gasteiger partial charge < -0.3 is 0 Å². The normalized spacial score (nSPS) is 12.1. The fourth-order valence-corrected chi connectivity index (χ4v) is 4.95. The minimum Gasteiger partial charge on any atom is -0.280 e. The first-order valence-electron chi connectivity index (χ1n) is 8.88. The number of nitrogens with one attached hydrogen (secondary N) is 1. The van der Waals surface area contributed by atoms with Gasteiger partial charge >= 0.3 is 0 Å². The highest BCUT2D eigenvalue weighted by atomic mass is 32.2. The highest BCUT2D eigenvalue weighted by molar-refractivity contribution is 7.92. The zero-order valence-electron chi connectivity index (χ0n) is 16.1. The molecule has 29 heavy (non-hydrogen) atoms. The summed E-state index contributed by atoms with van der Waals surface area (Å²) in [6.07, 6.45) is 0. The maximum atomic E-state index is 12.8. The van der Waals surface area contributed by atoms with Crippen molar-refractivity contribution in [2.75, 3.05) is 11.8 Å². The first-order valence-corrected chi connectivity index (χ1v) is 11.8. The lowest BCUT2D eigenvalue weighted by atomic mass is 10.2. The van der Waals surface area contributed by atoms with E-state index in [2.05, 4.69) is 4.72 Å². The van der Waals surface area contributed by atoms with Crippen molar-refractivity contribution in [3.8, 4) is 0 Å². The zero-order chi connectivity index (χ0) is 21.1. The molecule has 0 aliphatic carbocycles. The Kier molecular flexibility index (Phi) is 6.07. The van der Waals surface area contributed by atoms with E-state index in [0.29, 0.717) is 0 Å². The fourth-order valence-electron chi connectivity index (χ4n) is 2.73. The van der Waals surface area contributed by atoms with Gasteiger partial charge in [0.05, 0.1) is 9.79 Å². The summed E-state index contributed by atoms with van der Waals surface area (Å²) in [7, 11) is -5.93. The molecular formula is C21H22N2O4S2. The third-order valence-corrected chi connectivity index (χ3v) is 7.61. The first kappa shape index (κ1) is 21.0. The average molecular weight is 431 g/mol. The van der Waals surface area contributed by atoms with Crippen LogP contribution in [0.5, 0.6) is 0 Å². The van der Waals surface area contributed by atoms with E-state index in [-0.39, 0.29) is 22.0 Å². The van der Waals surface area contributed by atoms with E-state index in [1.165, 1.54) is 47.8 Å². The molecule has 1 N–H and O–H groups in total. The largest absolute Gasteiger partial charge is 0.280 e. The van der Waals surface area contributed by atoms with Crippen LogP contribution in [0.4, 0.5) is 5.69 Å². The maximum Gasteiger partial charge on any atom is 0.261 e. The van der Waals surface area contributed by atoms with Crippen LogP contribution in [-0.4, -0.2) is 28.2 Å². The predicted molar refractivity (Wildman–Crippen MR) is 114 cm³/mol. The molecule has 152 valence electrons. The van der Waals surface area contributed by atoms with Gasteiger partial charge in [0, 0.05) is 19.3 Å². The summed E-state index contributed by atoms with van der Waals surface area (Å²) in [6, 6.07) is 21.4. The van der Waals surface area contributed by atoms with Crippen molar-refractivity contribution in [2.45, 2.75) is 23.3 Å². The average Bonchev–Trinajstić information content (AvgIpc) is 2.69. The van der Waals surface area contributed by atoms with Gasteiger partial charge in [0.2, 0.25) is 10.0 Å². The molecule has 8 heteroatoms. The number of sulfonamides is 2. The number of hydrogen-bond donors (Lipinski definition) is 1. The van der Waals surface area contributed by atoms with Crippen molar-refractivity contribution in [3.63, 3.8) is 0 Å². The second-order valence-corrected chi connectivity index (χ2v) is 10.4. The van der Waals surface area contributed by atoms with Gasteiger partial charge in [-0.25, -0.2) is 16.8 Å². The van der Waals surface area contributed by atoms with E-state index in [1.54, 1.807) is 12.1 Å². The van der Waals surface area contributed by atoms with E-state index < -0.39 is 20.0 Å². The fraction of sp³-hybridized carbons (Fsp3) is 0.143. The topological polar surface area (TPSA) is 83.5 Å². The van der Waals surface area contributed by atoms with Crippen molar-refractivity contribution in [2.24, 2.45) is 0 Å². The summed E-state index contributed by atoms with van der Waals surface area (Å²) in [6.45, 7) is 2.11. The molecule has 0 aliphatic rings. The van der Waals surface area contributed by atoms with Crippen LogP contribution < -0.4 is 4.72 Å². The molecule has 0 spiro atoms. The van der Waals surface area contributed by atoms with E-state index in [4.69, 9.17) is 0 Å². The number of rotatable bonds is 7. The number of aryl methyl sites for hydroxylation is 1. The Labute approximate surface area is 171 Å². The lowest BCUT2D eigenvalue weighted by molar-refractivity contribution is 0.467. The minimum absolute atomic E-state index is 0.0919. The van der Waals surface area contributed by atoms with Crippen molar-refractivity contribution < 1.29 is 16.8 Å². The van der Waals surface area contributed by atoms with Gasteiger partial charge in [0.25, 0.3) is 10.0 Å². The molecule has 0 saturated carbocycles. The molecule has 0 heterocycles. The number of benzene rings is 3. The Morgan fingerprint density at radius 3 is 1.90 bits per heavy atom. The molecule has 0 aromatic heterocycles. The van der Waals surface area contributed by atoms with Gasteiger partial charge in [-0.1, -0.05) is 48.0 Å². The summed E-state index contributed by atoms with van der Waals surface area (Å²) < 4.78 is 54.2. The van der Waals surface area contributed by atoms with Gasteiger partial charge in [0.1, 0.15) is 0 Å². The summed E-state index contributed by atoms with van der Waals surface area (Å²) in [5.41, 5.74) is 2.12. The molecule has 0 atom stereocenters. The lowest BCUT2D eigenvalue weighted by Gasteiger charge is -2.17. The van der Waals surface area contributed by atoms with Gasteiger partial charge in [-0.2, -0.15) is 4.31 Å². The van der Waals surface area contributed by atoms with Crippen LogP contribution >= 0.6 is 0 Å². The molecular weight excluding hydrogens is 408 g/mol. The van der Waals surface area contributed by atoms with Crippen molar-refractivity contribution in [1.82, 2.24) is 4.31 Å². The van der Waals surface area contributed by atoms with Crippen LogP contribution in [0.3, 0.4) is 0 Å². The van der Waals surface area contributed by atoms with Gasteiger partial charge in [-0.05, 0) is 48.9 Å². The summed E-state index contributed by atoms with van der Waals surface area (Å²) in [5.74, 6) is 0. The van der Waals surface area contributed by atoms with Crippen LogP contribution in [0.1, 0.15) is 11.1 Å². The highest BCUT2D eigenvalue weighted by Crippen LogP contribution is 2.21. The molecule has 3 rings (SSSR count). The van der Waals surface area contributed by atoms with E-state index in [9.17, 15) is 16.8 Å². The lowest BCUT2D eigenvalue weighted by Crippen LogP contribution is -2.26. The van der Waals surface area contributed by atoms with Crippen LogP contribution in [0.25, 0.3) is 0 Å². The van der Waals surface area contributed by atoms with Crippen LogP contribution in [-0.2, 0) is 26.6 Å². The summed E-state index contributed by atoms with van der Waals surface area (Å²) in [5, 5.41) is 0. The Morgan fingerprint density at radius 2 is 1.31 bits per heavy atom. The third kappa shape index (κ3) is 5.03. The monoisotopic (exact) mass is 430 g/mol. The Hall–Kier alpha value is -2.68. The third-order valence-electron chi connectivity index (χ3n) is 4.39. The maximum absolute atomic E-state index is 12.8. The van der Waals surface area contributed by atoms with Crippen molar-refractivity contribution in [1.29, 1.82) is 0 Å². The van der Waals surface area contributed by atoms with Crippen molar-refractivity contribution in [3.05, 3.63) is 90.0 Å². The second kappa shape index (κ2) is 8.36. The number of nitrogens with zero attached hydrogens (tertiary/aromatic N) is 1. The summed E-state index contributed by atoms with van der Waals surface area (Å²) in [4.78, 5) is 0.233. The summed E-state index contributed by atoms with van der Waals surface area (Å²) >= 11 is 0. The molecule has 0 fully saturated rings. The van der Waals surface area contributed by atoms with Crippen LogP contribution in [0.15, 0.2) is 88.7 Å². The van der Waals surface area contributed by atoms with Crippen LogP contribution in [0, 0.1) is 6.92 Å². The highest BCUT2D eigenvalue weighted by Gasteiger charge is 2.21. The van der Waals surface area contributed by atoms with Gasteiger partial charge in [0.15, 0.2) is 0 Å². The Morgan fingerprint density at radius 1 is 0.759 bits per heavy atom. The molecule has 6 nitrogen and oxygen atoms in total. The second-order valence-electron chi connectivity index (χ2n) is 6.69. The molecule has 3 aromatic carbocycles. The van der Waals surface area contributed by atoms with Crippen LogP contribution in [0.2, 0.25) is 0 Å². The van der Waals surface area contributed by atoms with E-state index >= 15 is 0 Å². The Bertz CT molecular complexity index is 1170. The first-order chi connectivity index (χ1) is 13.7. The molecule has 0 radical (unpaired) electrons. The molecule has 3 aromatic rings. The molecule has 0 unspecified atom stereocenters. The number of hydrogen-bond acceptors (Lipinski definition) is 4. The van der Waals surface area contributed by atoms with Gasteiger partial charge in [-0.15, -0.1) is 0 Å². The quantitative estimate of drug-likeness (QED) is 0.621. The standard InChI is InChI=1S/C21H22N2O4S2/c1-17-8-12-20(13-9-17)28(24,25)22-19-10-14-21(15-11-19)29(26,27)23(2)16-18-6-4-3-5-7-18/h3-15,22H,16H2,1-2H3. The number of anilines is 1. The minimum atomic E-state index is -3.75. The smallest absolute Gasteiger partial charge is 0.261 e. The van der Waals surface area contributed by atoms with Crippen molar-refractivity contribution >= 4 is 25.7 Å². The SMILES string of the molecule is Cc1ccc(S(=O)(=O)Nc2ccc(S(=O)(=O)N(C)Cc3ccccc3)cc2)cc1. The van der Waals surface area contributed by atoms with E-state index in [1.807, 2.05) is 37.3 Å².